The van der Waals surface area contributed by atoms with Crippen molar-refractivity contribution in [1.82, 2.24) is 10.3 Å². The lowest BCUT2D eigenvalue weighted by Gasteiger charge is -2.30. The van der Waals surface area contributed by atoms with Crippen molar-refractivity contribution in [2.75, 3.05) is 11.6 Å². The molecule has 1 heterocycles. The van der Waals surface area contributed by atoms with Gasteiger partial charge >= 0.3 is 12.1 Å². The number of halogens is 3. The highest BCUT2D eigenvalue weighted by atomic mass is 32.2. The highest BCUT2D eigenvalue weighted by Gasteiger charge is 2.38. The standard InChI is InChI=1S/C32H38N4O5S.C2HF3O2/c1-6-40-29-18-24(12-14-28(29)41-21(2)3)31(36(33)27-13-11-25-19-34-16-15-23(25)17-27)32(37)35-20-26-9-7-8-10-30(26)42(38,39)22(4)5;3-2(4,5)1(6)7/h7-19,21-22,31H,6,20,33H2,1-5H3,(H,35,37);(H,6,7). The lowest BCUT2D eigenvalue weighted by molar-refractivity contribution is -0.192. The maximum absolute atomic E-state index is 14.0. The summed E-state index contributed by atoms with van der Waals surface area (Å²) in [5, 5.41) is 12.7. The van der Waals surface area contributed by atoms with E-state index in [1.165, 1.54) is 5.01 Å². The number of pyridine rings is 1. The van der Waals surface area contributed by atoms with Gasteiger partial charge in [-0.2, -0.15) is 13.2 Å². The second kappa shape index (κ2) is 16.5. The van der Waals surface area contributed by atoms with Crippen molar-refractivity contribution < 1.29 is 45.8 Å². The normalized spacial score (nSPS) is 12.2. The third-order valence-corrected chi connectivity index (χ3v) is 9.24. The summed E-state index contributed by atoms with van der Waals surface area (Å²) in [6.45, 7) is 9.40. The van der Waals surface area contributed by atoms with Crippen molar-refractivity contribution in [3.8, 4) is 11.5 Å². The molecule has 11 nitrogen and oxygen atoms in total. The molecule has 0 fully saturated rings. The van der Waals surface area contributed by atoms with Crippen molar-refractivity contribution in [3.05, 3.63) is 90.3 Å². The Labute approximate surface area is 282 Å². The SMILES string of the molecule is CCOc1cc(C(C(=O)NCc2ccccc2S(=O)(=O)C(C)C)N(N)c2ccc3cnccc3c2)ccc1OC(C)C.O=C(O)C(F)(F)F. The quantitative estimate of drug-likeness (QED) is 0.118. The van der Waals surface area contributed by atoms with E-state index in [9.17, 15) is 26.4 Å². The van der Waals surface area contributed by atoms with Crippen LogP contribution in [0.1, 0.15) is 51.8 Å². The van der Waals surface area contributed by atoms with Crippen LogP contribution in [0.2, 0.25) is 0 Å². The Morgan fingerprint density at radius 1 is 0.980 bits per heavy atom. The lowest BCUT2D eigenvalue weighted by Crippen LogP contribution is -2.44. The topological polar surface area (TPSA) is 161 Å². The molecule has 0 bridgehead atoms. The molecule has 3 aromatic carbocycles. The third-order valence-electron chi connectivity index (χ3n) is 6.99. The van der Waals surface area contributed by atoms with Crippen LogP contribution in [0, 0.1) is 0 Å². The Kier molecular flexibility index (Phi) is 13.0. The largest absolute Gasteiger partial charge is 0.490 e. The summed E-state index contributed by atoms with van der Waals surface area (Å²) in [6, 6.07) is 18.5. The maximum atomic E-state index is 14.0. The molecule has 1 unspecified atom stereocenters. The summed E-state index contributed by atoms with van der Waals surface area (Å²) in [5.74, 6) is 4.59. The second-order valence-electron chi connectivity index (χ2n) is 11.2. The van der Waals surface area contributed by atoms with Gasteiger partial charge in [0.15, 0.2) is 21.3 Å². The minimum atomic E-state index is -5.08. The van der Waals surface area contributed by atoms with Gasteiger partial charge in [0.2, 0.25) is 5.91 Å². The van der Waals surface area contributed by atoms with Gasteiger partial charge in [0.05, 0.1) is 28.5 Å². The van der Waals surface area contributed by atoms with Crippen LogP contribution >= 0.6 is 0 Å². The minimum Gasteiger partial charge on any atom is -0.490 e. The number of carboxylic acids is 1. The fraction of sp³-hybridized carbons (Fsp3) is 0.324. The molecular weight excluding hydrogens is 665 g/mol. The molecule has 0 radical (unpaired) electrons. The van der Waals surface area contributed by atoms with Gasteiger partial charge < -0.3 is 19.9 Å². The molecule has 4 N–H and O–H groups in total. The molecule has 4 aromatic rings. The van der Waals surface area contributed by atoms with Crippen molar-refractivity contribution in [2.45, 2.75) is 69.6 Å². The molecule has 0 aliphatic heterocycles. The monoisotopic (exact) mass is 704 g/mol. The lowest BCUT2D eigenvalue weighted by atomic mass is 10.0. The summed E-state index contributed by atoms with van der Waals surface area (Å²) in [7, 11) is -3.56. The number of carbonyl (C=O) groups is 2. The van der Waals surface area contributed by atoms with Crippen LogP contribution in [0.4, 0.5) is 18.9 Å². The van der Waals surface area contributed by atoms with E-state index < -0.39 is 39.2 Å². The van der Waals surface area contributed by atoms with Gasteiger partial charge in [-0.05, 0) is 87.5 Å². The molecule has 264 valence electrons. The van der Waals surface area contributed by atoms with E-state index in [0.717, 1.165) is 10.8 Å². The molecule has 0 aliphatic carbocycles. The Hall–Kier alpha value is -4.89. The molecule has 4 rings (SSSR count). The summed E-state index contributed by atoms with van der Waals surface area (Å²) < 4.78 is 69.5. The van der Waals surface area contributed by atoms with E-state index in [1.54, 1.807) is 68.7 Å². The fourth-order valence-electron chi connectivity index (χ4n) is 4.59. The first kappa shape index (κ1) is 38.6. The van der Waals surface area contributed by atoms with Crippen LogP contribution in [-0.4, -0.2) is 54.5 Å². The van der Waals surface area contributed by atoms with Crippen LogP contribution in [0.15, 0.2) is 84.0 Å². The number of anilines is 1. The van der Waals surface area contributed by atoms with Gasteiger partial charge in [-0.1, -0.05) is 30.3 Å². The minimum absolute atomic E-state index is 0.00154. The summed E-state index contributed by atoms with van der Waals surface area (Å²) >= 11 is 0. The molecule has 1 aromatic heterocycles. The number of alkyl halides is 3. The smallest absolute Gasteiger partial charge is 0.490 e. The van der Waals surface area contributed by atoms with E-state index in [0.29, 0.717) is 34.9 Å². The van der Waals surface area contributed by atoms with Gasteiger partial charge in [0, 0.05) is 24.3 Å². The molecule has 1 atom stereocenters. The Balaban J connectivity index is 0.000000838. The number of sulfone groups is 1. The zero-order valence-corrected chi connectivity index (χ0v) is 28.4. The van der Waals surface area contributed by atoms with Gasteiger partial charge in [-0.15, -0.1) is 0 Å². The van der Waals surface area contributed by atoms with E-state index in [2.05, 4.69) is 10.3 Å². The molecule has 15 heteroatoms. The van der Waals surface area contributed by atoms with Crippen molar-refractivity contribution in [3.63, 3.8) is 0 Å². The Morgan fingerprint density at radius 2 is 1.65 bits per heavy atom. The third kappa shape index (κ3) is 10.1. The number of nitrogens with zero attached hydrogens (tertiary/aromatic N) is 2. The zero-order chi connectivity index (χ0) is 36.5. The average molecular weight is 705 g/mol. The number of ether oxygens (including phenoxy) is 2. The number of amides is 1. The predicted molar refractivity (Wildman–Crippen MR) is 179 cm³/mol. The first-order valence-electron chi connectivity index (χ1n) is 15.2. The number of rotatable bonds is 12. The number of nitrogens with two attached hydrogens (primary N) is 1. The average Bonchev–Trinajstić information content (AvgIpc) is 3.04. The summed E-state index contributed by atoms with van der Waals surface area (Å²) in [4.78, 5) is 27.2. The Morgan fingerprint density at radius 3 is 2.27 bits per heavy atom. The number of benzene rings is 3. The van der Waals surface area contributed by atoms with E-state index in [4.69, 9.17) is 25.2 Å². The highest BCUT2D eigenvalue weighted by molar-refractivity contribution is 7.92. The van der Waals surface area contributed by atoms with Gasteiger partial charge in [-0.25, -0.2) is 19.1 Å². The van der Waals surface area contributed by atoms with Crippen molar-refractivity contribution in [1.29, 1.82) is 0 Å². The Bertz CT molecular complexity index is 1870. The number of carboxylic acid groups (broad SMARTS) is 1. The zero-order valence-electron chi connectivity index (χ0n) is 27.6. The fourth-order valence-corrected chi connectivity index (χ4v) is 5.88. The summed E-state index contributed by atoms with van der Waals surface area (Å²) in [6.07, 6.45) is -1.70. The first-order chi connectivity index (χ1) is 23.0. The number of aromatic nitrogens is 1. The van der Waals surface area contributed by atoms with E-state index >= 15 is 0 Å². The molecule has 0 saturated heterocycles. The number of hydrogen-bond donors (Lipinski definition) is 3. The predicted octanol–water partition coefficient (Wildman–Crippen LogP) is 5.97. The van der Waals surface area contributed by atoms with Crippen LogP contribution in [0.25, 0.3) is 10.8 Å². The molecule has 0 aliphatic rings. The van der Waals surface area contributed by atoms with Crippen LogP contribution in [-0.2, 0) is 26.0 Å². The number of nitrogens with one attached hydrogen (secondary N) is 1. The highest BCUT2D eigenvalue weighted by Crippen LogP contribution is 2.35. The molecule has 49 heavy (non-hydrogen) atoms. The molecular formula is C34H39F3N4O7S. The van der Waals surface area contributed by atoms with Gasteiger partial charge in [-0.3, -0.25) is 14.8 Å². The number of hydrogen-bond acceptors (Lipinski definition) is 9. The molecule has 1 amide bonds. The molecule has 0 spiro atoms. The van der Waals surface area contributed by atoms with Crippen LogP contribution < -0.4 is 25.6 Å². The van der Waals surface area contributed by atoms with Crippen LogP contribution in [0.3, 0.4) is 0 Å². The number of carbonyl (C=O) groups excluding carboxylic acids is 1. The van der Waals surface area contributed by atoms with Gasteiger partial charge in [0.1, 0.15) is 6.04 Å². The van der Waals surface area contributed by atoms with Crippen LogP contribution in [0.5, 0.6) is 11.5 Å². The molecule has 0 saturated carbocycles. The van der Waals surface area contributed by atoms with Crippen molar-refractivity contribution in [2.24, 2.45) is 5.84 Å². The number of aliphatic carboxylic acids is 1. The maximum Gasteiger partial charge on any atom is 0.490 e. The number of hydrazine groups is 1. The van der Waals surface area contributed by atoms with Crippen molar-refractivity contribution >= 4 is 38.2 Å². The van der Waals surface area contributed by atoms with E-state index in [1.807, 2.05) is 45.0 Å². The van der Waals surface area contributed by atoms with Gasteiger partial charge in [0.25, 0.3) is 0 Å². The number of fused-ring (bicyclic) bond motifs is 1. The summed E-state index contributed by atoms with van der Waals surface area (Å²) in [5.41, 5.74) is 1.68. The first-order valence-corrected chi connectivity index (χ1v) is 16.7. The van der Waals surface area contributed by atoms with E-state index in [-0.39, 0.29) is 17.5 Å². The second-order valence-corrected chi connectivity index (χ2v) is 13.7.